The fourth-order valence-corrected chi connectivity index (χ4v) is 3.40. The van der Waals surface area contributed by atoms with Crippen LogP contribution < -0.4 is 15.0 Å². The normalized spacial score (nSPS) is 16.1. The zero-order valence-corrected chi connectivity index (χ0v) is 16.0. The lowest BCUT2D eigenvalue weighted by atomic mass is 10.1. The molecule has 1 N–H and O–H groups in total. The van der Waals surface area contributed by atoms with E-state index in [9.17, 15) is 9.59 Å². The highest BCUT2D eigenvalue weighted by Gasteiger charge is 2.36. The van der Waals surface area contributed by atoms with Crippen molar-refractivity contribution in [2.45, 2.75) is 13.0 Å². The largest absolute Gasteiger partial charge is 0.495 e. The molecule has 8 nitrogen and oxygen atoms in total. The van der Waals surface area contributed by atoms with Crippen LogP contribution in [0.2, 0.25) is 0 Å². The number of amides is 2. The molecule has 8 heteroatoms. The summed E-state index contributed by atoms with van der Waals surface area (Å²) in [6, 6.07) is 11.1. The number of nitrogens with zero attached hydrogens (tertiary/aromatic N) is 4. The van der Waals surface area contributed by atoms with Crippen molar-refractivity contribution in [2.24, 2.45) is 5.92 Å². The first-order chi connectivity index (χ1) is 14.1. The number of nitrogens with one attached hydrogen (secondary N) is 1. The molecular weight excluding hydrogens is 370 g/mol. The van der Waals surface area contributed by atoms with Gasteiger partial charge in [-0.15, -0.1) is 0 Å². The van der Waals surface area contributed by atoms with Crippen molar-refractivity contribution >= 4 is 23.2 Å². The average Bonchev–Trinajstić information content (AvgIpc) is 3.35. The van der Waals surface area contributed by atoms with Crippen molar-refractivity contribution in [2.75, 3.05) is 23.9 Å². The number of ether oxygens (including phenoxy) is 1. The Morgan fingerprint density at radius 2 is 2.03 bits per heavy atom. The van der Waals surface area contributed by atoms with Gasteiger partial charge in [-0.05, 0) is 29.8 Å². The van der Waals surface area contributed by atoms with Crippen LogP contribution in [0.15, 0.2) is 61.2 Å². The van der Waals surface area contributed by atoms with Gasteiger partial charge in [0.1, 0.15) is 5.75 Å². The van der Waals surface area contributed by atoms with Crippen LogP contribution in [-0.2, 0) is 16.1 Å². The number of methoxy groups -OCH3 is 1. The lowest BCUT2D eigenvalue weighted by molar-refractivity contribution is -0.122. The van der Waals surface area contributed by atoms with Gasteiger partial charge in [-0.2, -0.15) is 5.10 Å². The second-order valence-electron chi connectivity index (χ2n) is 6.85. The quantitative estimate of drug-likeness (QED) is 0.697. The van der Waals surface area contributed by atoms with Crippen LogP contribution in [0.3, 0.4) is 0 Å². The van der Waals surface area contributed by atoms with Crippen LogP contribution in [0.1, 0.15) is 12.0 Å². The topological polar surface area (TPSA) is 89.3 Å². The minimum absolute atomic E-state index is 0.0944. The van der Waals surface area contributed by atoms with Crippen molar-refractivity contribution in [3.8, 4) is 5.75 Å². The fraction of sp³-hybridized carbons (Fsp3) is 0.238. The smallest absolute Gasteiger partial charge is 0.229 e. The molecule has 2 aromatic heterocycles. The molecule has 0 aliphatic carbocycles. The van der Waals surface area contributed by atoms with E-state index in [0.29, 0.717) is 30.2 Å². The summed E-state index contributed by atoms with van der Waals surface area (Å²) >= 11 is 0. The highest BCUT2D eigenvalue weighted by Crippen LogP contribution is 2.33. The maximum Gasteiger partial charge on any atom is 0.229 e. The third kappa shape index (κ3) is 4.11. The summed E-state index contributed by atoms with van der Waals surface area (Å²) in [5.41, 5.74) is 2.35. The van der Waals surface area contributed by atoms with Crippen molar-refractivity contribution in [3.63, 3.8) is 0 Å². The second-order valence-corrected chi connectivity index (χ2v) is 6.85. The number of hydrogen-bond acceptors (Lipinski definition) is 5. The van der Waals surface area contributed by atoms with Gasteiger partial charge in [0.2, 0.25) is 11.8 Å². The van der Waals surface area contributed by atoms with Crippen molar-refractivity contribution in [1.82, 2.24) is 14.8 Å². The second kappa shape index (κ2) is 8.14. The third-order valence-corrected chi connectivity index (χ3v) is 4.87. The van der Waals surface area contributed by atoms with E-state index < -0.39 is 5.92 Å². The molecule has 3 aromatic rings. The molecular formula is C21H21N5O3. The summed E-state index contributed by atoms with van der Waals surface area (Å²) in [6.07, 6.45) is 6.99. The summed E-state index contributed by atoms with van der Waals surface area (Å²) in [5.74, 6) is -0.113. The Morgan fingerprint density at radius 3 is 2.83 bits per heavy atom. The first kappa shape index (κ1) is 18.7. The van der Waals surface area contributed by atoms with Gasteiger partial charge in [0.15, 0.2) is 0 Å². The Kier molecular flexibility index (Phi) is 5.24. The molecule has 0 bridgehead atoms. The molecule has 148 valence electrons. The minimum atomic E-state index is -0.434. The van der Waals surface area contributed by atoms with E-state index in [1.54, 1.807) is 47.5 Å². The van der Waals surface area contributed by atoms with Gasteiger partial charge in [0, 0.05) is 31.6 Å². The standard InChI is InChI=1S/C21H21N5O3/c1-29-19-5-3-2-4-18(19)26-13-16(10-20(26)27)21(28)24-17-11-23-25(14-17)12-15-6-8-22-9-7-15/h2-9,11,14,16H,10,12-13H2,1H3,(H,24,28). The Morgan fingerprint density at radius 1 is 1.24 bits per heavy atom. The van der Waals surface area contributed by atoms with Crippen molar-refractivity contribution in [3.05, 3.63) is 66.7 Å². The Labute approximate surface area is 168 Å². The number of benzene rings is 1. The average molecular weight is 391 g/mol. The molecule has 0 radical (unpaired) electrons. The van der Waals surface area contributed by atoms with Gasteiger partial charge < -0.3 is 15.0 Å². The van der Waals surface area contributed by atoms with Crippen molar-refractivity contribution in [1.29, 1.82) is 0 Å². The molecule has 2 amide bonds. The zero-order valence-electron chi connectivity index (χ0n) is 16.0. The van der Waals surface area contributed by atoms with E-state index in [2.05, 4.69) is 15.4 Å². The molecule has 1 fully saturated rings. The monoisotopic (exact) mass is 391 g/mol. The number of carbonyl (C=O) groups excluding carboxylic acids is 2. The molecule has 4 rings (SSSR count). The summed E-state index contributed by atoms with van der Waals surface area (Å²) in [7, 11) is 1.56. The predicted molar refractivity (Wildman–Crippen MR) is 108 cm³/mol. The molecule has 1 aromatic carbocycles. The number of pyridine rings is 1. The first-order valence-corrected chi connectivity index (χ1v) is 9.29. The van der Waals surface area contributed by atoms with Gasteiger partial charge in [0.25, 0.3) is 0 Å². The molecule has 0 spiro atoms. The summed E-state index contributed by atoms with van der Waals surface area (Å²) < 4.78 is 7.08. The first-order valence-electron chi connectivity index (χ1n) is 9.29. The van der Waals surface area contributed by atoms with Crippen LogP contribution in [0.4, 0.5) is 11.4 Å². The fourth-order valence-electron chi connectivity index (χ4n) is 3.40. The summed E-state index contributed by atoms with van der Waals surface area (Å²) in [4.78, 5) is 30.8. The van der Waals surface area contributed by atoms with E-state index in [1.165, 1.54) is 0 Å². The summed E-state index contributed by atoms with van der Waals surface area (Å²) in [6.45, 7) is 0.901. The summed E-state index contributed by atoms with van der Waals surface area (Å²) in [5, 5.41) is 7.15. The maximum atomic E-state index is 12.7. The SMILES string of the molecule is COc1ccccc1N1CC(C(=O)Nc2cnn(Cc3ccncc3)c2)CC1=O. The van der Waals surface area contributed by atoms with Crippen LogP contribution >= 0.6 is 0 Å². The molecule has 1 aliphatic rings. The number of anilines is 2. The predicted octanol–water partition coefficient (Wildman–Crippen LogP) is 2.33. The maximum absolute atomic E-state index is 12.7. The van der Waals surface area contributed by atoms with Gasteiger partial charge in [-0.3, -0.25) is 19.3 Å². The van der Waals surface area contributed by atoms with Crippen LogP contribution in [0.25, 0.3) is 0 Å². The van der Waals surface area contributed by atoms with Gasteiger partial charge in [-0.1, -0.05) is 12.1 Å². The third-order valence-electron chi connectivity index (χ3n) is 4.87. The highest BCUT2D eigenvalue weighted by molar-refractivity contribution is 6.04. The molecule has 1 atom stereocenters. The Balaban J connectivity index is 1.40. The molecule has 1 aliphatic heterocycles. The zero-order chi connectivity index (χ0) is 20.2. The van der Waals surface area contributed by atoms with E-state index >= 15 is 0 Å². The van der Waals surface area contributed by atoms with Gasteiger partial charge >= 0.3 is 0 Å². The molecule has 3 heterocycles. The van der Waals surface area contributed by atoms with Crippen LogP contribution in [-0.4, -0.2) is 40.2 Å². The van der Waals surface area contributed by atoms with E-state index in [4.69, 9.17) is 4.74 Å². The minimum Gasteiger partial charge on any atom is -0.495 e. The van der Waals surface area contributed by atoms with E-state index in [-0.39, 0.29) is 18.2 Å². The molecule has 0 saturated carbocycles. The molecule has 29 heavy (non-hydrogen) atoms. The molecule has 1 unspecified atom stereocenters. The number of para-hydroxylation sites is 2. The Bertz CT molecular complexity index is 1020. The lowest BCUT2D eigenvalue weighted by Crippen LogP contribution is -2.28. The van der Waals surface area contributed by atoms with Crippen LogP contribution in [0.5, 0.6) is 5.75 Å². The van der Waals surface area contributed by atoms with Crippen molar-refractivity contribution < 1.29 is 14.3 Å². The lowest BCUT2D eigenvalue weighted by Gasteiger charge is -2.19. The number of aromatic nitrogens is 3. The van der Waals surface area contributed by atoms with Crippen LogP contribution in [0, 0.1) is 5.92 Å². The van der Waals surface area contributed by atoms with Gasteiger partial charge in [0.05, 0.1) is 37.1 Å². The number of carbonyl (C=O) groups is 2. The molecule has 1 saturated heterocycles. The van der Waals surface area contributed by atoms with E-state index in [1.807, 2.05) is 30.3 Å². The van der Waals surface area contributed by atoms with Gasteiger partial charge in [-0.25, -0.2) is 0 Å². The number of rotatable bonds is 6. The number of hydrogen-bond donors (Lipinski definition) is 1. The highest BCUT2D eigenvalue weighted by atomic mass is 16.5. The van der Waals surface area contributed by atoms with E-state index in [0.717, 1.165) is 5.56 Å². The Hall–Kier alpha value is -3.68.